The van der Waals surface area contributed by atoms with Gasteiger partial charge >= 0.3 is 0 Å². The van der Waals surface area contributed by atoms with Gasteiger partial charge in [-0.3, -0.25) is 4.79 Å². The summed E-state index contributed by atoms with van der Waals surface area (Å²) in [4.78, 5) is 13.0. The Morgan fingerprint density at radius 2 is 2.13 bits per heavy atom. The fourth-order valence-electron chi connectivity index (χ4n) is 1.68. The van der Waals surface area contributed by atoms with Crippen LogP contribution < -0.4 is 5.32 Å². The molecule has 1 amide bonds. The molecule has 1 unspecified atom stereocenters. The van der Waals surface area contributed by atoms with Gasteiger partial charge in [0.05, 0.1) is 10.9 Å². The molecule has 0 saturated heterocycles. The summed E-state index contributed by atoms with van der Waals surface area (Å²) >= 11 is 1.67. The highest BCUT2D eigenvalue weighted by atomic mass is 32.2. The highest BCUT2D eigenvalue weighted by molar-refractivity contribution is 8.01. The number of rotatable bonds is 1. The Hall–Kier alpha value is -0.960. The van der Waals surface area contributed by atoms with E-state index in [4.69, 9.17) is 0 Å². The van der Waals surface area contributed by atoms with Crippen LogP contribution in [0.3, 0.4) is 0 Å². The number of carbonyl (C=O) groups is 1. The summed E-state index contributed by atoms with van der Waals surface area (Å²) in [6.45, 7) is 6.19. The molecule has 1 aliphatic rings. The van der Waals surface area contributed by atoms with Crippen LogP contribution in [-0.2, 0) is 4.79 Å². The second kappa shape index (κ2) is 3.89. The molecule has 1 aromatic carbocycles. The predicted molar refractivity (Wildman–Crippen MR) is 64.3 cm³/mol. The van der Waals surface area contributed by atoms with E-state index in [1.165, 1.54) is 10.5 Å². The zero-order valence-corrected chi connectivity index (χ0v) is 10.0. The first-order chi connectivity index (χ1) is 7.08. The summed E-state index contributed by atoms with van der Waals surface area (Å²) in [6, 6.07) is 6.20. The number of hydrogen-bond acceptors (Lipinski definition) is 2. The van der Waals surface area contributed by atoms with Gasteiger partial charge in [-0.05, 0) is 30.5 Å². The van der Waals surface area contributed by atoms with Crippen molar-refractivity contribution in [1.29, 1.82) is 0 Å². The molecular formula is C12H15NOS. The normalized spacial score (nSPS) is 20.0. The zero-order valence-electron chi connectivity index (χ0n) is 9.20. The SMILES string of the molecule is Cc1ccc2c(c1)NC(=O)C(C(C)C)S2. The van der Waals surface area contributed by atoms with Crippen LogP contribution in [0.4, 0.5) is 5.69 Å². The van der Waals surface area contributed by atoms with E-state index in [1.807, 2.05) is 13.0 Å². The molecule has 1 atom stereocenters. The van der Waals surface area contributed by atoms with Gasteiger partial charge in [-0.2, -0.15) is 0 Å². The Morgan fingerprint density at radius 1 is 1.40 bits per heavy atom. The number of amides is 1. The van der Waals surface area contributed by atoms with Crippen molar-refractivity contribution in [3.05, 3.63) is 23.8 Å². The van der Waals surface area contributed by atoms with Crippen molar-refractivity contribution in [3.63, 3.8) is 0 Å². The molecule has 0 saturated carbocycles. The van der Waals surface area contributed by atoms with Gasteiger partial charge in [-0.1, -0.05) is 19.9 Å². The van der Waals surface area contributed by atoms with Gasteiger partial charge in [0, 0.05) is 4.90 Å². The van der Waals surface area contributed by atoms with E-state index < -0.39 is 0 Å². The molecule has 0 fully saturated rings. The maximum Gasteiger partial charge on any atom is 0.238 e. The molecule has 0 radical (unpaired) electrons. The van der Waals surface area contributed by atoms with E-state index in [0.717, 1.165) is 5.69 Å². The summed E-state index contributed by atoms with van der Waals surface area (Å²) in [7, 11) is 0. The molecule has 1 heterocycles. The Labute approximate surface area is 94.4 Å². The molecular weight excluding hydrogens is 206 g/mol. The average Bonchev–Trinajstić information content (AvgIpc) is 2.15. The van der Waals surface area contributed by atoms with Crippen molar-refractivity contribution in [2.45, 2.75) is 30.9 Å². The van der Waals surface area contributed by atoms with Gasteiger partial charge in [0.2, 0.25) is 5.91 Å². The Balaban J connectivity index is 2.34. The van der Waals surface area contributed by atoms with Crippen LogP contribution in [0.25, 0.3) is 0 Å². The first kappa shape index (κ1) is 10.6. The first-order valence-electron chi connectivity index (χ1n) is 5.16. The third kappa shape index (κ3) is 2.02. The van der Waals surface area contributed by atoms with Gasteiger partial charge in [-0.15, -0.1) is 11.8 Å². The topological polar surface area (TPSA) is 29.1 Å². The molecule has 2 rings (SSSR count). The van der Waals surface area contributed by atoms with E-state index in [9.17, 15) is 4.79 Å². The summed E-state index contributed by atoms with van der Waals surface area (Å²) < 4.78 is 0. The lowest BCUT2D eigenvalue weighted by Crippen LogP contribution is -2.32. The van der Waals surface area contributed by atoms with Gasteiger partial charge in [-0.25, -0.2) is 0 Å². The number of hydrogen-bond donors (Lipinski definition) is 1. The van der Waals surface area contributed by atoms with Crippen molar-refractivity contribution in [1.82, 2.24) is 0 Å². The third-order valence-corrected chi connectivity index (χ3v) is 4.13. The average molecular weight is 221 g/mol. The Morgan fingerprint density at radius 3 is 2.80 bits per heavy atom. The monoisotopic (exact) mass is 221 g/mol. The fourth-order valence-corrected chi connectivity index (χ4v) is 2.77. The first-order valence-corrected chi connectivity index (χ1v) is 6.04. The van der Waals surface area contributed by atoms with E-state index in [-0.39, 0.29) is 11.2 Å². The fraction of sp³-hybridized carbons (Fsp3) is 0.417. The van der Waals surface area contributed by atoms with Crippen molar-refractivity contribution < 1.29 is 4.79 Å². The molecule has 80 valence electrons. The molecule has 15 heavy (non-hydrogen) atoms. The van der Waals surface area contributed by atoms with Gasteiger partial charge in [0.25, 0.3) is 0 Å². The van der Waals surface area contributed by atoms with E-state index in [2.05, 4.69) is 31.3 Å². The van der Waals surface area contributed by atoms with Crippen LogP contribution in [0.2, 0.25) is 0 Å². The van der Waals surface area contributed by atoms with Crippen LogP contribution in [-0.4, -0.2) is 11.2 Å². The molecule has 0 bridgehead atoms. The maximum atomic E-state index is 11.8. The molecule has 0 aliphatic carbocycles. The van der Waals surface area contributed by atoms with Crippen molar-refractivity contribution in [2.75, 3.05) is 5.32 Å². The summed E-state index contributed by atoms with van der Waals surface area (Å²) in [6.07, 6.45) is 0. The molecule has 2 nitrogen and oxygen atoms in total. The number of benzene rings is 1. The molecule has 0 spiro atoms. The lowest BCUT2D eigenvalue weighted by atomic mass is 10.1. The van der Waals surface area contributed by atoms with Gasteiger partial charge in [0.15, 0.2) is 0 Å². The maximum absolute atomic E-state index is 11.8. The molecule has 1 aromatic rings. The van der Waals surface area contributed by atoms with Gasteiger partial charge < -0.3 is 5.32 Å². The van der Waals surface area contributed by atoms with Crippen molar-refractivity contribution in [3.8, 4) is 0 Å². The highest BCUT2D eigenvalue weighted by Crippen LogP contribution is 2.38. The van der Waals surface area contributed by atoms with Crippen molar-refractivity contribution >= 4 is 23.4 Å². The van der Waals surface area contributed by atoms with Crippen LogP contribution >= 0.6 is 11.8 Å². The minimum absolute atomic E-state index is 0.0419. The number of fused-ring (bicyclic) bond motifs is 1. The minimum atomic E-state index is 0.0419. The van der Waals surface area contributed by atoms with Crippen LogP contribution in [0.5, 0.6) is 0 Å². The molecule has 3 heteroatoms. The number of aryl methyl sites for hydroxylation is 1. The van der Waals surface area contributed by atoms with Crippen LogP contribution in [0.1, 0.15) is 19.4 Å². The number of thioether (sulfide) groups is 1. The minimum Gasteiger partial charge on any atom is -0.324 e. The summed E-state index contributed by atoms with van der Waals surface area (Å²) in [5, 5.41) is 3.01. The third-order valence-electron chi connectivity index (χ3n) is 2.51. The largest absolute Gasteiger partial charge is 0.324 e. The van der Waals surface area contributed by atoms with Crippen molar-refractivity contribution in [2.24, 2.45) is 5.92 Å². The lowest BCUT2D eigenvalue weighted by molar-refractivity contribution is -0.116. The van der Waals surface area contributed by atoms with E-state index in [0.29, 0.717) is 5.92 Å². The summed E-state index contributed by atoms with van der Waals surface area (Å²) in [5.74, 6) is 0.498. The second-order valence-corrected chi connectivity index (χ2v) is 5.45. The quantitative estimate of drug-likeness (QED) is 0.789. The molecule has 0 aromatic heterocycles. The smallest absolute Gasteiger partial charge is 0.238 e. The second-order valence-electron chi connectivity index (χ2n) is 4.27. The number of carbonyl (C=O) groups excluding carboxylic acids is 1. The van der Waals surface area contributed by atoms with Gasteiger partial charge in [0.1, 0.15) is 0 Å². The number of nitrogens with one attached hydrogen (secondary N) is 1. The standard InChI is InChI=1S/C12H15NOS/c1-7(2)11-12(14)13-9-6-8(3)4-5-10(9)15-11/h4-7,11H,1-3H3,(H,13,14). The molecule has 1 aliphatic heterocycles. The lowest BCUT2D eigenvalue weighted by Gasteiger charge is -2.26. The number of anilines is 1. The zero-order chi connectivity index (χ0) is 11.0. The van der Waals surface area contributed by atoms with E-state index in [1.54, 1.807) is 11.8 Å². The molecule has 1 N–H and O–H groups in total. The van der Waals surface area contributed by atoms with E-state index >= 15 is 0 Å². The summed E-state index contributed by atoms with van der Waals surface area (Å²) in [5.41, 5.74) is 2.14. The Kier molecular flexibility index (Phi) is 2.74. The predicted octanol–water partition coefficient (Wildman–Crippen LogP) is 3.06. The van der Waals surface area contributed by atoms with Crippen LogP contribution in [0, 0.1) is 12.8 Å². The van der Waals surface area contributed by atoms with Crippen LogP contribution in [0.15, 0.2) is 23.1 Å². The Bertz CT molecular complexity index is 401. The highest BCUT2D eigenvalue weighted by Gasteiger charge is 2.29.